The van der Waals surface area contributed by atoms with E-state index in [-0.39, 0.29) is 0 Å². The second kappa shape index (κ2) is 3.97. The molecule has 1 aromatic carbocycles. The Morgan fingerprint density at radius 1 is 1.05 bits per heavy atom. The smallest absolute Gasteiger partial charge is 0.153 e. The number of benzene rings is 1. The van der Waals surface area contributed by atoms with Crippen LogP contribution in [0.25, 0.3) is 33.3 Å². The van der Waals surface area contributed by atoms with Crippen molar-refractivity contribution in [3.8, 4) is 11.3 Å². The minimum atomic E-state index is 0.830. The van der Waals surface area contributed by atoms with Crippen LogP contribution in [-0.2, 0) is 0 Å². The predicted molar refractivity (Wildman–Crippen MR) is 80.8 cm³/mol. The molecular weight excluding hydrogens is 248 g/mol. The predicted octanol–water partition coefficient (Wildman–Crippen LogP) is 4.59. The van der Waals surface area contributed by atoms with E-state index in [1.807, 2.05) is 24.3 Å². The Balaban J connectivity index is 2.16. The summed E-state index contributed by atoms with van der Waals surface area (Å²) >= 11 is 0. The second-order valence-electron chi connectivity index (χ2n) is 5.14. The molecule has 98 valence electrons. The van der Waals surface area contributed by atoms with E-state index in [9.17, 15) is 0 Å². The maximum atomic E-state index is 5.88. The molecular formula is C17H14N2O. The van der Waals surface area contributed by atoms with Gasteiger partial charge in [0.15, 0.2) is 5.58 Å². The van der Waals surface area contributed by atoms with Crippen molar-refractivity contribution in [2.45, 2.75) is 13.8 Å². The molecule has 0 saturated heterocycles. The summed E-state index contributed by atoms with van der Waals surface area (Å²) in [6.07, 6.45) is 1.81. The molecule has 0 radical (unpaired) electrons. The third-order valence-corrected chi connectivity index (χ3v) is 3.67. The number of fused-ring (bicyclic) bond motifs is 3. The molecule has 0 atom stereocenters. The summed E-state index contributed by atoms with van der Waals surface area (Å²) in [7, 11) is 0. The molecule has 0 saturated carbocycles. The third-order valence-electron chi connectivity index (χ3n) is 3.67. The molecule has 0 amide bonds. The van der Waals surface area contributed by atoms with E-state index in [0.29, 0.717) is 0 Å². The molecule has 0 bridgehead atoms. The summed E-state index contributed by atoms with van der Waals surface area (Å²) in [4.78, 5) is 7.92. The Morgan fingerprint density at radius 3 is 2.70 bits per heavy atom. The minimum Gasteiger partial charge on any atom is -0.454 e. The van der Waals surface area contributed by atoms with E-state index < -0.39 is 0 Å². The Morgan fingerprint density at radius 2 is 1.90 bits per heavy atom. The van der Waals surface area contributed by atoms with Gasteiger partial charge in [-0.15, -0.1) is 0 Å². The van der Waals surface area contributed by atoms with Gasteiger partial charge in [-0.05, 0) is 43.7 Å². The lowest BCUT2D eigenvalue weighted by atomic mass is 10.0. The molecule has 0 fully saturated rings. The highest BCUT2D eigenvalue weighted by Crippen LogP contribution is 2.36. The van der Waals surface area contributed by atoms with Crippen molar-refractivity contribution in [2.24, 2.45) is 0 Å². The lowest BCUT2D eigenvalue weighted by Crippen LogP contribution is -1.83. The van der Waals surface area contributed by atoms with E-state index in [4.69, 9.17) is 4.42 Å². The zero-order valence-electron chi connectivity index (χ0n) is 11.4. The van der Waals surface area contributed by atoms with Gasteiger partial charge in [0.05, 0.1) is 5.39 Å². The van der Waals surface area contributed by atoms with Crippen molar-refractivity contribution in [2.75, 3.05) is 0 Å². The van der Waals surface area contributed by atoms with Crippen LogP contribution in [0.3, 0.4) is 0 Å². The first kappa shape index (κ1) is 11.3. The van der Waals surface area contributed by atoms with E-state index in [0.717, 1.165) is 39.0 Å². The summed E-state index contributed by atoms with van der Waals surface area (Å²) in [6, 6.07) is 12.1. The van der Waals surface area contributed by atoms with Gasteiger partial charge < -0.3 is 9.40 Å². The number of aryl methyl sites for hydroxylation is 2. The lowest BCUT2D eigenvalue weighted by molar-refractivity contribution is 0.668. The number of pyridine rings is 1. The fourth-order valence-electron chi connectivity index (χ4n) is 2.86. The van der Waals surface area contributed by atoms with E-state index in [1.165, 1.54) is 5.56 Å². The standard InChI is InChI=1S/C17H14N2O/c1-10-9-11(2)19-16(10)12-5-3-6-13-15(12)17-14(20-13)7-4-8-18-17/h3-9,19H,1-2H3. The van der Waals surface area contributed by atoms with Crippen molar-refractivity contribution >= 4 is 22.1 Å². The van der Waals surface area contributed by atoms with Gasteiger partial charge in [0.1, 0.15) is 11.1 Å². The highest BCUT2D eigenvalue weighted by Gasteiger charge is 2.15. The zero-order chi connectivity index (χ0) is 13.7. The largest absolute Gasteiger partial charge is 0.454 e. The SMILES string of the molecule is Cc1cc(C)c(-c2cccc3oc4cccnc4c23)[nH]1. The van der Waals surface area contributed by atoms with Crippen LogP contribution < -0.4 is 0 Å². The summed E-state index contributed by atoms with van der Waals surface area (Å²) in [5.41, 5.74) is 7.31. The van der Waals surface area contributed by atoms with Crippen molar-refractivity contribution in [3.63, 3.8) is 0 Å². The van der Waals surface area contributed by atoms with Crippen LogP contribution in [0.1, 0.15) is 11.3 Å². The first-order chi connectivity index (χ1) is 9.74. The minimum absolute atomic E-state index is 0.830. The Labute approximate surface area is 116 Å². The number of hydrogen-bond acceptors (Lipinski definition) is 2. The molecule has 0 aliphatic heterocycles. The third kappa shape index (κ3) is 1.50. The van der Waals surface area contributed by atoms with E-state index in [2.05, 4.69) is 35.9 Å². The molecule has 3 aromatic heterocycles. The number of aromatic amines is 1. The van der Waals surface area contributed by atoms with E-state index in [1.54, 1.807) is 6.20 Å². The molecule has 20 heavy (non-hydrogen) atoms. The molecule has 0 aliphatic carbocycles. The average molecular weight is 262 g/mol. The Hall–Kier alpha value is -2.55. The van der Waals surface area contributed by atoms with Crippen molar-refractivity contribution in [3.05, 3.63) is 53.9 Å². The molecule has 0 unspecified atom stereocenters. The Bertz CT molecular complexity index is 931. The Kier molecular flexibility index (Phi) is 2.24. The normalized spacial score (nSPS) is 11.5. The monoisotopic (exact) mass is 262 g/mol. The maximum Gasteiger partial charge on any atom is 0.153 e. The average Bonchev–Trinajstić information content (AvgIpc) is 2.98. The first-order valence-electron chi connectivity index (χ1n) is 6.67. The van der Waals surface area contributed by atoms with Gasteiger partial charge in [0.2, 0.25) is 0 Å². The van der Waals surface area contributed by atoms with Crippen LogP contribution in [0.5, 0.6) is 0 Å². The summed E-state index contributed by atoms with van der Waals surface area (Å²) < 4.78 is 5.88. The van der Waals surface area contributed by atoms with Gasteiger partial charge in [-0.3, -0.25) is 4.98 Å². The van der Waals surface area contributed by atoms with Gasteiger partial charge in [0.25, 0.3) is 0 Å². The van der Waals surface area contributed by atoms with Crippen molar-refractivity contribution in [1.29, 1.82) is 0 Å². The van der Waals surface area contributed by atoms with E-state index >= 15 is 0 Å². The topological polar surface area (TPSA) is 41.8 Å². The molecule has 3 heteroatoms. The molecule has 0 aliphatic rings. The molecule has 4 rings (SSSR count). The highest BCUT2D eigenvalue weighted by molar-refractivity contribution is 6.10. The fraction of sp³-hybridized carbons (Fsp3) is 0.118. The van der Waals surface area contributed by atoms with Crippen molar-refractivity contribution in [1.82, 2.24) is 9.97 Å². The summed E-state index contributed by atoms with van der Waals surface area (Å²) in [5.74, 6) is 0. The quantitative estimate of drug-likeness (QED) is 0.545. The van der Waals surface area contributed by atoms with Gasteiger partial charge >= 0.3 is 0 Å². The summed E-state index contributed by atoms with van der Waals surface area (Å²) in [5, 5.41) is 1.08. The number of H-pyrrole nitrogens is 1. The van der Waals surface area contributed by atoms with Crippen LogP contribution in [-0.4, -0.2) is 9.97 Å². The van der Waals surface area contributed by atoms with Gasteiger partial charge in [-0.2, -0.15) is 0 Å². The molecule has 0 spiro atoms. The molecule has 3 heterocycles. The van der Waals surface area contributed by atoms with Crippen LogP contribution in [0.2, 0.25) is 0 Å². The number of nitrogens with one attached hydrogen (secondary N) is 1. The van der Waals surface area contributed by atoms with Crippen LogP contribution in [0, 0.1) is 13.8 Å². The number of aromatic nitrogens is 2. The lowest BCUT2D eigenvalue weighted by Gasteiger charge is -2.02. The van der Waals surface area contributed by atoms with Crippen LogP contribution >= 0.6 is 0 Å². The molecule has 3 nitrogen and oxygen atoms in total. The van der Waals surface area contributed by atoms with Gasteiger partial charge in [-0.1, -0.05) is 12.1 Å². The van der Waals surface area contributed by atoms with Crippen molar-refractivity contribution < 1.29 is 4.42 Å². The zero-order valence-corrected chi connectivity index (χ0v) is 11.4. The number of hydrogen-bond donors (Lipinski definition) is 1. The molecule has 4 aromatic rings. The second-order valence-corrected chi connectivity index (χ2v) is 5.14. The first-order valence-corrected chi connectivity index (χ1v) is 6.67. The van der Waals surface area contributed by atoms with Crippen LogP contribution in [0.15, 0.2) is 47.0 Å². The number of furan rings is 1. The van der Waals surface area contributed by atoms with Gasteiger partial charge in [-0.25, -0.2) is 0 Å². The van der Waals surface area contributed by atoms with Crippen LogP contribution in [0.4, 0.5) is 0 Å². The fourth-order valence-corrected chi connectivity index (χ4v) is 2.86. The van der Waals surface area contributed by atoms with Gasteiger partial charge in [0, 0.05) is 23.1 Å². The highest BCUT2D eigenvalue weighted by atomic mass is 16.3. The maximum absolute atomic E-state index is 5.88. The number of nitrogens with zero attached hydrogens (tertiary/aromatic N) is 1. The molecule has 1 N–H and O–H groups in total. The number of rotatable bonds is 1. The summed E-state index contributed by atoms with van der Waals surface area (Å²) in [6.45, 7) is 4.19.